The van der Waals surface area contributed by atoms with E-state index < -0.39 is 11.9 Å². The molecule has 7 heteroatoms. The zero-order valence-electron chi connectivity index (χ0n) is 33.9. The molecular weight excluding hydrogens is 728 g/mol. The van der Waals surface area contributed by atoms with Gasteiger partial charge in [-0.15, -0.1) is 0 Å². The third-order valence-electron chi connectivity index (χ3n) is 12.4. The molecule has 0 bridgehead atoms. The maximum absolute atomic E-state index is 11.2. The summed E-state index contributed by atoms with van der Waals surface area (Å²) in [6.45, 7) is 10.9. The van der Waals surface area contributed by atoms with E-state index in [2.05, 4.69) is 134 Å². The van der Waals surface area contributed by atoms with E-state index in [4.69, 9.17) is 11.6 Å². The second-order valence-corrected chi connectivity index (χ2v) is 17.3. The van der Waals surface area contributed by atoms with Crippen LogP contribution in [0.3, 0.4) is 0 Å². The van der Waals surface area contributed by atoms with Crippen molar-refractivity contribution < 1.29 is 24.4 Å². The third kappa shape index (κ3) is 8.12. The van der Waals surface area contributed by atoms with Crippen molar-refractivity contribution in [1.82, 2.24) is 0 Å². The van der Waals surface area contributed by atoms with Crippen molar-refractivity contribution in [3.05, 3.63) is 130 Å². The van der Waals surface area contributed by atoms with Crippen LogP contribution in [0.4, 0.5) is 11.4 Å². The van der Waals surface area contributed by atoms with Gasteiger partial charge < -0.3 is 19.9 Å². The van der Waals surface area contributed by atoms with Gasteiger partial charge >= 0.3 is 5.97 Å². The van der Waals surface area contributed by atoms with E-state index in [-0.39, 0.29) is 23.7 Å². The Morgan fingerprint density at radius 1 is 0.772 bits per heavy atom. The number of benzene rings is 4. The van der Waals surface area contributed by atoms with Crippen molar-refractivity contribution >= 4 is 62.2 Å². The zero-order valence-corrected chi connectivity index (χ0v) is 34.6. The monoisotopic (exact) mass is 782 g/mol. The van der Waals surface area contributed by atoms with Crippen LogP contribution in [0.2, 0.25) is 0 Å². The smallest absolute Gasteiger partial charge is 0.303 e. The number of carboxylic acid groups (broad SMARTS) is 2. The van der Waals surface area contributed by atoms with Gasteiger partial charge in [0, 0.05) is 64.9 Å². The number of unbranched alkanes of at least 4 members (excludes halogenated alkanes) is 4. The molecular formula is C50H55ClN2O4. The Morgan fingerprint density at radius 3 is 2.16 bits per heavy atom. The quantitative estimate of drug-likeness (QED) is 0.0959. The fraction of sp³-hybridized carbons (Fsp3) is 0.380. The number of halogens is 1. The van der Waals surface area contributed by atoms with Crippen LogP contribution in [0.15, 0.2) is 119 Å². The number of anilines is 1. The van der Waals surface area contributed by atoms with E-state index in [0.29, 0.717) is 12.8 Å². The zero-order chi connectivity index (χ0) is 40.3. The molecule has 296 valence electrons. The molecule has 57 heavy (non-hydrogen) atoms. The molecule has 3 aliphatic rings. The van der Waals surface area contributed by atoms with Crippen molar-refractivity contribution in [2.24, 2.45) is 0 Å². The van der Waals surface area contributed by atoms with E-state index in [0.717, 1.165) is 74.2 Å². The van der Waals surface area contributed by atoms with Gasteiger partial charge in [-0.05, 0) is 122 Å². The Labute approximate surface area is 342 Å². The molecule has 0 saturated carbocycles. The molecule has 0 spiro atoms. The number of carbonyl (C=O) groups excluding carboxylic acids is 1. The molecule has 6 nitrogen and oxygen atoms in total. The van der Waals surface area contributed by atoms with Gasteiger partial charge in [0.15, 0.2) is 5.71 Å². The number of allylic oxidation sites excluding steroid dienone is 8. The van der Waals surface area contributed by atoms with Gasteiger partial charge in [0.1, 0.15) is 6.54 Å². The summed E-state index contributed by atoms with van der Waals surface area (Å²) < 4.78 is 2.45. The van der Waals surface area contributed by atoms with Gasteiger partial charge in [-0.3, -0.25) is 4.79 Å². The van der Waals surface area contributed by atoms with E-state index in [9.17, 15) is 19.8 Å². The second kappa shape index (κ2) is 16.9. The minimum absolute atomic E-state index is 0.0936. The van der Waals surface area contributed by atoms with Gasteiger partial charge in [-0.2, -0.15) is 4.58 Å². The number of hydrogen-bond donors (Lipinski definition) is 1. The number of nitrogens with zero attached hydrogens (tertiary/aromatic N) is 2. The molecule has 1 aliphatic carbocycles. The average Bonchev–Trinajstić information content (AvgIpc) is 3.54. The lowest BCUT2D eigenvalue weighted by molar-refractivity contribution is -0.438. The molecule has 0 saturated heterocycles. The first-order valence-electron chi connectivity index (χ1n) is 20.8. The summed E-state index contributed by atoms with van der Waals surface area (Å²) >= 11 is 7.35. The van der Waals surface area contributed by atoms with Crippen LogP contribution in [0, 0.1) is 0 Å². The molecule has 2 heterocycles. The third-order valence-corrected chi connectivity index (χ3v) is 12.9. The predicted molar refractivity (Wildman–Crippen MR) is 233 cm³/mol. The van der Waals surface area contributed by atoms with Crippen LogP contribution in [0.5, 0.6) is 0 Å². The standard InChI is InChI=1S/C50H55ClN2O4/c1-49(2)42(52(32-13-5-7-22-44(54)55)40-28-24-34-16-9-11-20-38(34)46(40)49)30-26-36-18-15-19-37(48(36)51)27-31-43-50(3,4)47-39-21-12-10-17-35(39)25-29-41(47)53(43)33-14-6-8-23-45(56)57/h9-12,16-17,20-21,24-31H,5-8,13-15,18-19,22-23,32-33H2,1-4H3,(H-,54,55,56,57). The van der Waals surface area contributed by atoms with E-state index in [1.54, 1.807) is 0 Å². The van der Waals surface area contributed by atoms with Gasteiger partial charge in [-0.1, -0.05) is 98.6 Å². The van der Waals surface area contributed by atoms with Crippen LogP contribution in [-0.4, -0.2) is 40.4 Å². The lowest BCUT2D eigenvalue weighted by Crippen LogP contribution is -2.28. The van der Waals surface area contributed by atoms with Gasteiger partial charge in [-0.25, -0.2) is 0 Å². The number of hydrogen-bond acceptors (Lipinski definition) is 4. The SMILES string of the molecule is CC1(C)C(=CC=C2CCCC(C=CC3=[N+](CCCCCC(=O)O)c4ccc5ccccc5c4C3(C)C)=C2Cl)N(CCCCCC(=O)[O-])c2ccc3ccccc3c21. The van der Waals surface area contributed by atoms with Gasteiger partial charge in [0.25, 0.3) is 0 Å². The number of fused-ring (bicyclic) bond motifs is 6. The number of rotatable bonds is 15. The summed E-state index contributed by atoms with van der Waals surface area (Å²) in [5.74, 6) is -1.72. The van der Waals surface area contributed by atoms with Crippen LogP contribution in [-0.2, 0) is 20.4 Å². The highest BCUT2D eigenvalue weighted by Crippen LogP contribution is 2.51. The Balaban J connectivity index is 1.22. The highest BCUT2D eigenvalue weighted by atomic mass is 35.5. The van der Waals surface area contributed by atoms with Crippen molar-refractivity contribution in [2.45, 2.75) is 109 Å². The van der Waals surface area contributed by atoms with Crippen molar-refractivity contribution in [3.8, 4) is 0 Å². The Hall–Kier alpha value is -4.94. The highest BCUT2D eigenvalue weighted by Gasteiger charge is 2.45. The molecule has 0 amide bonds. The average molecular weight is 783 g/mol. The first kappa shape index (κ1) is 40.3. The molecule has 1 N–H and O–H groups in total. The van der Waals surface area contributed by atoms with Crippen molar-refractivity contribution in [2.75, 3.05) is 18.0 Å². The summed E-state index contributed by atoms with van der Waals surface area (Å²) in [6.07, 6.45) is 16.9. The van der Waals surface area contributed by atoms with E-state index in [1.165, 1.54) is 55.5 Å². The van der Waals surface area contributed by atoms with E-state index in [1.807, 2.05) is 0 Å². The first-order valence-corrected chi connectivity index (χ1v) is 21.1. The van der Waals surface area contributed by atoms with Gasteiger partial charge in [0.2, 0.25) is 5.69 Å². The lowest BCUT2D eigenvalue weighted by atomic mass is 9.78. The minimum atomic E-state index is -0.987. The second-order valence-electron chi connectivity index (χ2n) is 17.0. The van der Waals surface area contributed by atoms with Crippen LogP contribution in [0.25, 0.3) is 21.5 Å². The molecule has 4 aromatic rings. The highest BCUT2D eigenvalue weighted by molar-refractivity contribution is 6.32. The number of carboxylic acids is 2. The molecule has 0 fully saturated rings. The summed E-state index contributed by atoms with van der Waals surface area (Å²) in [7, 11) is 0. The van der Waals surface area contributed by atoms with Crippen molar-refractivity contribution in [3.63, 3.8) is 0 Å². The normalized spacial score (nSPS) is 18.8. The molecule has 0 unspecified atom stereocenters. The van der Waals surface area contributed by atoms with E-state index >= 15 is 0 Å². The Morgan fingerprint density at radius 2 is 1.44 bits per heavy atom. The van der Waals surface area contributed by atoms with Crippen LogP contribution in [0.1, 0.15) is 109 Å². The summed E-state index contributed by atoms with van der Waals surface area (Å²) in [5.41, 5.74) is 9.33. The van der Waals surface area contributed by atoms with Crippen molar-refractivity contribution in [1.29, 1.82) is 0 Å². The van der Waals surface area contributed by atoms with Crippen LogP contribution < -0.4 is 10.0 Å². The number of aliphatic carboxylic acids is 2. The fourth-order valence-corrected chi connectivity index (χ4v) is 9.87. The van der Waals surface area contributed by atoms with Crippen LogP contribution >= 0.6 is 11.6 Å². The fourth-order valence-electron chi connectivity index (χ4n) is 9.56. The Bertz CT molecular complexity index is 2380. The molecule has 4 aromatic carbocycles. The molecule has 0 atom stereocenters. The predicted octanol–water partition coefficient (Wildman–Crippen LogP) is 11.2. The minimum Gasteiger partial charge on any atom is -0.550 e. The Kier molecular flexibility index (Phi) is 11.9. The summed E-state index contributed by atoms with van der Waals surface area (Å²) in [5, 5.41) is 26.1. The lowest BCUT2D eigenvalue weighted by Gasteiger charge is -2.27. The van der Waals surface area contributed by atoms with Gasteiger partial charge in [0.05, 0.1) is 5.41 Å². The maximum atomic E-state index is 11.2. The molecule has 0 aromatic heterocycles. The molecule has 0 radical (unpaired) electrons. The largest absolute Gasteiger partial charge is 0.550 e. The number of carbonyl (C=O) groups is 2. The first-order chi connectivity index (χ1) is 27.4. The molecule has 2 aliphatic heterocycles. The topological polar surface area (TPSA) is 83.7 Å². The maximum Gasteiger partial charge on any atom is 0.303 e. The summed E-state index contributed by atoms with van der Waals surface area (Å²) in [6, 6.07) is 26.1. The summed E-state index contributed by atoms with van der Waals surface area (Å²) in [4.78, 5) is 24.7. The molecule has 7 rings (SSSR count).